The number of aromatic nitrogens is 3. The van der Waals surface area contributed by atoms with Crippen LogP contribution in [0.3, 0.4) is 0 Å². The lowest BCUT2D eigenvalue weighted by atomic mass is 9.94. The van der Waals surface area contributed by atoms with Crippen LogP contribution >= 0.6 is 15.9 Å². The minimum Gasteiger partial charge on any atom is -0.489 e. The summed E-state index contributed by atoms with van der Waals surface area (Å²) in [4.78, 5) is 17.9. The highest BCUT2D eigenvalue weighted by Gasteiger charge is 2.33. The predicted octanol–water partition coefficient (Wildman–Crippen LogP) is 6.16. The molecule has 36 heavy (non-hydrogen) atoms. The molecule has 7 nitrogen and oxygen atoms in total. The van der Waals surface area contributed by atoms with Crippen LogP contribution < -0.4 is 15.4 Å². The smallest absolute Gasteiger partial charge is 0.255 e. The molecule has 1 unspecified atom stereocenters. The Kier molecular flexibility index (Phi) is 6.61. The first-order chi connectivity index (χ1) is 17.4. The second kappa shape index (κ2) is 9.99. The quantitative estimate of drug-likeness (QED) is 0.304. The van der Waals surface area contributed by atoms with Crippen LogP contribution in [-0.4, -0.2) is 20.7 Å². The Morgan fingerprint density at radius 1 is 1.08 bits per heavy atom. The summed E-state index contributed by atoms with van der Waals surface area (Å²) < 4.78 is 8.74. The van der Waals surface area contributed by atoms with Crippen LogP contribution in [0.4, 0.5) is 11.6 Å². The molecule has 2 heterocycles. The summed E-state index contributed by atoms with van der Waals surface area (Å²) in [6, 6.07) is 21.2. The summed E-state index contributed by atoms with van der Waals surface area (Å²) >= 11 is 3.49. The van der Waals surface area contributed by atoms with E-state index in [-0.39, 0.29) is 5.91 Å². The molecule has 1 aromatic heterocycles. The van der Waals surface area contributed by atoms with Gasteiger partial charge in [0.15, 0.2) is 0 Å². The van der Waals surface area contributed by atoms with Crippen molar-refractivity contribution in [3.63, 3.8) is 0 Å². The van der Waals surface area contributed by atoms with Gasteiger partial charge in [-0.3, -0.25) is 4.79 Å². The molecule has 182 valence electrons. The van der Waals surface area contributed by atoms with E-state index >= 15 is 0 Å². The van der Waals surface area contributed by atoms with E-state index in [0.717, 1.165) is 43.9 Å². The van der Waals surface area contributed by atoms with E-state index in [4.69, 9.17) is 4.74 Å². The van der Waals surface area contributed by atoms with Crippen molar-refractivity contribution in [3.8, 4) is 5.75 Å². The van der Waals surface area contributed by atoms with Crippen LogP contribution in [0.25, 0.3) is 0 Å². The maximum absolute atomic E-state index is 13.6. The van der Waals surface area contributed by atoms with E-state index in [1.165, 1.54) is 6.33 Å². The summed E-state index contributed by atoms with van der Waals surface area (Å²) in [6.45, 7) is 6.38. The van der Waals surface area contributed by atoms with Gasteiger partial charge in [-0.05, 0) is 73.4 Å². The number of hydrogen-bond acceptors (Lipinski definition) is 5. The molecular formula is C28H26BrN5O2. The highest BCUT2D eigenvalue weighted by molar-refractivity contribution is 9.10. The second-order valence-electron chi connectivity index (χ2n) is 8.78. The molecule has 4 aromatic rings. The van der Waals surface area contributed by atoms with Crippen molar-refractivity contribution in [2.75, 3.05) is 10.6 Å². The molecule has 8 heteroatoms. The molecule has 2 N–H and O–H groups in total. The average Bonchev–Trinajstić information content (AvgIpc) is 3.33. The Morgan fingerprint density at radius 2 is 1.86 bits per heavy atom. The van der Waals surface area contributed by atoms with Gasteiger partial charge in [0, 0.05) is 15.9 Å². The zero-order valence-corrected chi connectivity index (χ0v) is 21.8. The van der Waals surface area contributed by atoms with Crippen LogP contribution in [0, 0.1) is 13.8 Å². The van der Waals surface area contributed by atoms with Crippen molar-refractivity contribution in [2.45, 2.75) is 33.4 Å². The Hall–Kier alpha value is -3.91. The second-order valence-corrected chi connectivity index (χ2v) is 9.70. The molecule has 0 aliphatic carbocycles. The van der Waals surface area contributed by atoms with Gasteiger partial charge >= 0.3 is 0 Å². The lowest BCUT2D eigenvalue weighted by Crippen LogP contribution is -2.31. The zero-order valence-electron chi connectivity index (χ0n) is 20.2. The molecule has 0 radical (unpaired) electrons. The number of carbonyl (C=O) groups excluding carboxylic acids is 1. The summed E-state index contributed by atoms with van der Waals surface area (Å²) in [5, 5.41) is 10.7. The maximum Gasteiger partial charge on any atom is 0.255 e. The average molecular weight is 544 g/mol. The highest BCUT2D eigenvalue weighted by atomic mass is 79.9. The van der Waals surface area contributed by atoms with E-state index in [1.807, 2.05) is 87.5 Å². The van der Waals surface area contributed by atoms with Crippen molar-refractivity contribution in [1.29, 1.82) is 0 Å². The summed E-state index contributed by atoms with van der Waals surface area (Å²) in [5.41, 5.74) is 6.24. The Morgan fingerprint density at radius 3 is 2.64 bits per heavy atom. The topological polar surface area (TPSA) is 81.1 Å². The Balaban J connectivity index is 1.42. The van der Waals surface area contributed by atoms with Gasteiger partial charge < -0.3 is 15.4 Å². The predicted molar refractivity (Wildman–Crippen MR) is 144 cm³/mol. The van der Waals surface area contributed by atoms with Gasteiger partial charge in [0.25, 0.3) is 5.91 Å². The number of ether oxygens (including phenoxy) is 1. The SMILES string of the molecule is CC1=C(C(=O)Nc2cccc(C)c2C)C(c2ccc(OCc3cccc(Br)c3)cc2)n2ncnc2N1. The van der Waals surface area contributed by atoms with Gasteiger partial charge in [0.2, 0.25) is 5.95 Å². The van der Waals surface area contributed by atoms with Crippen LogP contribution in [0.2, 0.25) is 0 Å². The number of halogens is 1. The van der Waals surface area contributed by atoms with E-state index in [0.29, 0.717) is 18.1 Å². The third kappa shape index (κ3) is 4.77. The van der Waals surface area contributed by atoms with Crippen molar-refractivity contribution >= 4 is 33.5 Å². The number of allylic oxidation sites excluding steroid dienone is 1. The Labute approximate surface area is 218 Å². The van der Waals surface area contributed by atoms with Gasteiger partial charge in [0.1, 0.15) is 24.7 Å². The highest BCUT2D eigenvalue weighted by Crippen LogP contribution is 2.36. The molecule has 1 atom stereocenters. The van der Waals surface area contributed by atoms with E-state index in [9.17, 15) is 4.79 Å². The minimum atomic E-state index is -0.437. The van der Waals surface area contributed by atoms with Crippen molar-refractivity contribution < 1.29 is 9.53 Å². The third-order valence-electron chi connectivity index (χ3n) is 6.38. The number of fused-ring (bicyclic) bond motifs is 1. The van der Waals surface area contributed by atoms with Gasteiger partial charge in [-0.2, -0.15) is 10.1 Å². The number of aryl methyl sites for hydroxylation is 1. The molecule has 3 aromatic carbocycles. The molecule has 0 saturated carbocycles. The molecule has 1 aliphatic rings. The molecular weight excluding hydrogens is 518 g/mol. The van der Waals surface area contributed by atoms with Crippen LogP contribution in [0.5, 0.6) is 5.75 Å². The first-order valence-corrected chi connectivity index (χ1v) is 12.4. The maximum atomic E-state index is 13.6. The lowest BCUT2D eigenvalue weighted by molar-refractivity contribution is -0.113. The number of hydrogen-bond donors (Lipinski definition) is 2. The van der Waals surface area contributed by atoms with Gasteiger partial charge in [0.05, 0.1) is 5.57 Å². The Bertz CT molecular complexity index is 1460. The summed E-state index contributed by atoms with van der Waals surface area (Å²) in [6.07, 6.45) is 1.49. The number of benzene rings is 3. The lowest BCUT2D eigenvalue weighted by Gasteiger charge is -2.29. The molecule has 0 saturated heterocycles. The normalized spacial score (nSPS) is 14.7. The molecule has 0 fully saturated rings. The van der Waals surface area contributed by atoms with E-state index < -0.39 is 6.04 Å². The number of nitrogens with zero attached hydrogens (tertiary/aromatic N) is 3. The van der Waals surface area contributed by atoms with Crippen molar-refractivity contribution in [1.82, 2.24) is 14.8 Å². The largest absolute Gasteiger partial charge is 0.489 e. The van der Waals surface area contributed by atoms with Crippen LogP contribution in [0.1, 0.15) is 35.2 Å². The van der Waals surface area contributed by atoms with Crippen molar-refractivity contribution in [2.24, 2.45) is 0 Å². The fraction of sp³-hybridized carbons (Fsp3) is 0.179. The fourth-order valence-corrected chi connectivity index (χ4v) is 4.76. The summed E-state index contributed by atoms with van der Waals surface area (Å²) in [5.74, 6) is 1.15. The molecule has 5 rings (SSSR count). The molecule has 0 bridgehead atoms. The van der Waals surface area contributed by atoms with Gasteiger partial charge in [-0.25, -0.2) is 4.68 Å². The number of nitrogens with one attached hydrogen (secondary N) is 2. The first-order valence-electron chi connectivity index (χ1n) is 11.6. The van der Waals surface area contributed by atoms with Gasteiger partial charge in [-0.15, -0.1) is 0 Å². The monoisotopic (exact) mass is 543 g/mol. The standard InChI is InChI=1S/C28H26BrN5O2/c1-17-6-4-9-24(18(17)2)33-27(35)25-19(3)32-28-30-16-31-34(28)26(25)21-10-12-23(13-11-21)36-15-20-7-5-8-22(29)14-20/h4-14,16,26H,15H2,1-3H3,(H,33,35)(H,30,31,32). The molecule has 0 spiro atoms. The van der Waals surface area contributed by atoms with Crippen molar-refractivity contribution in [3.05, 3.63) is 111 Å². The number of carbonyl (C=O) groups is 1. The number of amides is 1. The van der Waals surface area contributed by atoms with E-state index in [2.05, 4.69) is 36.6 Å². The van der Waals surface area contributed by atoms with Gasteiger partial charge in [-0.1, -0.05) is 52.3 Å². The number of anilines is 2. The first kappa shape index (κ1) is 23.8. The van der Waals surface area contributed by atoms with Crippen LogP contribution in [0.15, 0.2) is 88.8 Å². The molecule has 1 aliphatic heterocycles. The van der Waals surface area contributed by atoms with E-state index in [1.54, 1.807) is 4.68 Å². The minimum absolute atomic E-state index is 0.185. The van der Waals surface area contributed by atoms with Crippen LogP contribution in [-0.2, 0) is 11.4 Å². The molecule has 1 amide bonds. The fourth-order valence-electron chi connectivity index (χ4n) is 4.31. The zero-order chi connectivity index (χ0) is 25.2. The third-order valence-corrected chi connectivity index (χ3v) is 6.88. The number of rotatable bonds is 6. The summed E-state index contributed by atoms with van der Waals surface area (Å²) in [7, 11) is 0.